The van der Waals surface area contributed by atoms with E-state index in [0.29, 0.717) is 13.1 Å². The van der Waals surface area contributed by atoms with Gasteiger partial charge >= 0.3 is 6.09 Å². The third kappa shape index (κ3) is 5.89. The zero-order valence-corrected chi connectivity index (χ0v) is 25.0. The van der Waals surface area contributed by atoms with E-state index in [4.69, 9.17) is 9.72 Å². The summed E-state index contributed by atoms with van der Waals surface area (Å²) in [5.41, 5.74) is 6.06. The number of aryl methyl sites for hydroxylation is 1. The molecule has 0 radical (unpaired) electrons. The smallest absolute Gasteiger partial charge is 0.410 e. The van der Waals surface area contributed by atoms with E-state index in [9.17, 15) is 9.18 Å². The molecule has 2 aromatic heterocycles. The molecule has 6 nitrogen and oxygen atoms in total. The number of carbonyl (C=O) groups is 1. The van der Waals surface area contributed by atoms with Crippen molar-refractivity contribution in [1.29, 1.82) is 0 Å². The fraction of sp³-hybridized carbons (Fsp3) is 0.394. The maximum absolute atomic E-state index is 13.7. The van der Waals surface area contributed by atoms with Crippen molar-refractivity contribution in [1.82, 2.24) is 9.88 Å². The predicted octanol–water partition coefficient (Wildman–Crippen LogP) is 7.81. The van der Waals surface area contributed by atoms with E-state index in [2.05, 4.69) is 53.1 Å². The third-order valence-corrected chi connectivity index (χ3v) is 8.92. The maximum Gasteiger partial charge on any atom is 0.410 e. The highest BCUT2D eigenvalue weighted by molar-refractivity contribution is 7.19. The number of ether oxygens (including phenoxy) is 1. The number of hydrogen-bond acceptors (Lipinski definition) is 6. The maximum atomic E-state index is 13.7. The van der Waals surface area contributed by atoms with E-state index in [1.54, 1.807) is 28.4 Å². The zero-order chi connectivity index (χ0) is 28.7. The second kappa shape index (κ2) is 11.0. The number of pyridine rings is 1. The fourth-order valence-electron chi connectivity index (χ4n) is 5.89. The molecule has 4 aromatic rings. The predicted molar refractivity (Wildman–Crippen MR) is 166 cm³/mol. The summed E-state index contributed by atoms with van der Waals surface area (Å²) in [6.45, 7) is 11.6. The van der Waals surface area contributed by atoms with Crippen LogP contribution in [0.3, 0.4) is 0 Å². The van der Waals surface area contributed by atoms with Crippen LogP contribution in [0.15, 0.2) is 60.7 Å². The minimum atomic E-state index is -0.487. The minimum Gasteiger partial charge on any atom is -0.444 e. The molecule has 0 spiro atoms. The summed E-state index contributed by atoms with van der Waals surface area (Å²) >= 11 is 1.79. The highest BCUT2D eigenvalue weighted by atomic mass is 32.1. The number of piperazine rings is 1. The molecule has 0 N–H and O–H groups in total. The van der Waals surface area contributed by atoms with Gasteiger partial charge in [0.05, 0.1) is 27.6 Å². The summed E-state index contributed by atoms with van der Waals surface area (Å²) in [5, 5.41) is 0. The molecule has 1 amide bonds. The molecule has 1 atom stereocenters. The number of benzene rings is 2. The molecule has 2 fully saturated rings. The van der Waals surface area contributed by atoms with Crippen LogP contribution in [0.2, 0.25) is 0 Å². The molecule has 6 rings (SSSR count). The quantitative estimate of drug-likeness (QED) is 0.250. The van der Waals surface area contributed by atoms with Crippen LogP contribution in [0.4, 0.5) is 20.6 Å². The number of anilines is 2. The third-order valence-electron chi connectivity index (χ3n) is 7.86. The number of rotatable bonds is 4. The van der Waals surface area contributed by atoms with E-state index in [-0.39, 0.29) is 18.0 Å². The molecule has 1 unspecified atom stereocenters. The van der Waals surface area contributed by atoms with Gasteiger partial charge in [0.1, 0.15) is 11.4 Å². The van der Waals surface area contributed by atoms with E-state index < -0.39 is 5.60 Å². The molecule has 8 heteroatoms. The average Bonchev–Trinajstić information content (AvgIpc) is 3.58. The zero-order valence-electron chi connectivity index (χ0n) is 24.2. The Morgan fingerprint density at radius 3 is 2.37 bits per heavy atom. The van der Waals surface area contributed by atoms with Crippen molar-refractivity contribution in [2.45, 2.75) is 52.2 Å². The van der Waals surface area contributed by atoms with Crippen molar-refractivity contribution in [2.24, 2.45) is 0 Å². The van der Waals surface area contributed by atoms with Crippen molar-refractivity contribution >= 4 is 39.0 Å². The first-order valence-electron chi connectivity index (χ1n) is 14.4. The molecular formula is C33H37FN4O2S. The standard InChI is InChI=1S/C33H37FN4O2S/c1-22-20-28-31(41-22)30(38-15-5-6-29(38)24-7-11-25(34)12-8-24)21-27(35-28)23-9-13-26(14-10-23)36-16-18-37(19-17-36)32(39)40-33(2,3)4/h7-14,20-21,29H,5-6,15-19H2,1-4H3. The molecular weight excluding hydrogens is 535 g/mol. The van der Waals surface area contributed by atoms with Crippen molar-refractivity contribution < 1.29 is 13.9 Å². The van der Waals surface area contributed by atoms with Crippen LogP contribution in [0.25, 0.3) is 21.5 Å². The van der Waals surface area contributed by atoms with E-state index in [0.717, 1.165) is 60.5 Å². The Morgan fingerprint density at radius 2 is 1.68 bits per heavy atom. The van der Waals surface area contributed by atoms with Crippen LogP contribution < -0.4 is 9.80 Å². The van der Waals surface area contributed by atoms with Crippen LogP contribution in [0, 0.1) is 12.7 Å². The molecule has 2 aliphatic heterocycles. The molecule has 0 saturated carbocycles. The largest absolute Gasteiger partial charge is 0.444 e. The molecule has 2 aliphatic rings. The van der Waals surface area contributed by atoms with Gasteiger partial charge in [-0.05, 0) is 82.5 Å². The van der Waals surface area contributed by atoms with Crippen LogP contribution in [0.1, 0.15) is 50.1 Å². The minimum absolute atomic E-state index is 0.200. The fourth-order valence-corrected chi connectivity index (χ4v) is 6.87. The number of fused-ring (bicyclic) bond motifs is 1. The SMILES string of the molecule is Cc1cc2nc(-c3ccc(N4CCN(C(=O)OC(C)(C)C)CC4)cc3)cc(N3CCCC3c3ccc(F)cc3)c2s1. The first kappa shape index (κ1) is 27.5. The van der Waals surface area contributed by atoms with Crippen LogP contribution in [0.5, 0.6) is 0 Å². The Labute approximate surface area is 245 Å². The Morgan fingerprint density at radius 1 is 0.976 bits per heavy atom. The van der Waals surface area contributed by atoms with Gasteiger partial charge < -0.3 is 19.4 Å². The van der Waals surface area contributed by atoms with Gasteiger partial charge in [0, 0.05) is 48.9 Å². The van der Waals surface area contributed by atoms with Gasteiger partial charge in [-0.15, -0.1) is 11.3 Å². The normalized spacial score (nSPS) is 17.9. The van der Waals surface area contributed by atoms with E-state index >= 15 is 0 Å². The van der Waals surface area contributed by atoms with Gasteiger partial charge in [0.15, 0.2) is 0 Å². The Balaban J connectivity index is 1.23. The second-order valence-electron chi connectivity index (χ2n) is 12.0. The number of halogens is 1. The number of hydrogen-bond donors (Lipinski definition) is 0. The van der Waals surface area contributed by atoms with Crippen molar-refractivity contribution in [3.8, 4) is 11.3 Å². The Hall–Kier alpha value is -3.65. The van der Waals surface area contributed by atoms with Gasteiger partial charge in [0.25, 0.3) is 0 Å². The van der Waals surface area contributed by atoms with Gasteiger partial charge in [-0.2, -0.15) is 0 Å². The first-order chi connectivity index (χ1) is 19.6. The van der Waals surface area contributed by atoms with Crippen molar-refractivity contribution in [3.05, 3.63) is 76.9 Å². The van der Waals surface area contributed by atoms with Gasteiger partial charge in [-0.3, -0.25) is 0 Å². The number of thiophene rings is 1. The molecule has 214 valence electrons. The first-order valence-corrected chi connectivity index (χ1v) is 15.2. The summed E-state index contributed by atoms with van der Waals surface area (Å²) in [5.74, 6) is -0.200. The number of aromatic nitrogens is 1. The van der Waals surface area contributed by atoms with Gasteiger partial charge in [-0.25, -0.2) is 14.2 Å². The van der Waals surface area contributed by atoms with Crippen molar-refractivity contribution in [2.75, 3.05) is 42.5 Å². The second-order valence-corrected chi connectivity index (χ2v) is 13.3. The monoisotopic (exact) mass is 572 g/mol. The summed E-state index contributed by atoms with van der Waals surface area (Å²) in [4.78, 5) is 25.3. The van der Waals surface area contributed by atoms with Crippen LogP contribution in [-0.4, -0.2) is 54.3 Å². The molecule has 2 saturated heterocycles. The lowest BCUT2D eigenvalue weighted by Crippen LogP contribution is -2.50. The lowest BCUT2D eigenvalue weighted by Gasteiger charge is -2.36. The summed E-state index contributed by atoms with van der Waals surface area (Å²) < 4.78 is 20.4. The van der Waals surface area contributed by atoms with Crippen LogP contribution in [-0.2, 0) is 4.74 Å². The molecule has 4 heterocycles. The lowest BCUT2D eigenvalue weighted by molar-refractivity contribution is 0.0240. The Bertz CT molecular complexity index is 1540. The number of nitrogens with zero attached hydrogens (tertiary/aromatic N) is 4. The highest BCUT2D eigenvalue weighted by Crippen LogP contribution is 2.43. The molecule has 41 heavy (non-hydrogen) atoms. The molecule has 2 aromatic carbocycles. The summed E-state index contributed by atoms with van der Waals surface area (Å²) in [6.07, 6.45) is 1.90. The van der Waals surface area contributed by atoms with E-state index in [1.165, 1.54) is 15.3 Å². The van der Waals surface area contributed by atoms with Gasteiger partial charge in [-0.1, -0.05) is 24.3 Å². The van der Waals surface area contributed by atoms with E-state index in [1.807, 2.05) is 32.9 Å². The average molecular weight is 573 g/mol. The Kier molecular flexibility index (Phi) is 7.36. The van der Waals surface area contributed by atoms with Crippen LogP contribution >= 0.6 is 11.3 Å². The highest BCUT2D eigenvalue weighted by Gasteiger charge is 2.29. The van der Waals surface area contributed by atoms with Gasteiger partial charge in [0.2, 0.25) is 0 Å². The molecule has 0 bridgehead atoms. The summed E-state index contributed by atoms with van der Waals surface area (Å²) in [6, 6.07) is 20.2. The summed E-state index contributed by atoms with van der Waals surface area (Å²) in [7, 11) is 0. The van der Waals surface area contributed by atoms with Crippen molar-refractivity contribution in [3.63, 3.8) is 0 Å². The molecule has 0 aliphatic carbocycles. The lowest BCUT2D eigenvalue weighted by atomic mass is 10.0. The number of carbonyl (C=O) groups excluding carboxylic acids is 1. The number of amides is 1. The topological polar surface area (TPSA) is 48.9 Å².